The molecular weight excluding hydrogens is 402 g/mol. The molecule has 0 radical (unpaired) electrons. The standard InChI is InChI=1S/C23H29NO5S/c1-2-3-4-5-6-16-7-9-17(10-8-16)24-19(20(25)13-22(24)26)15-29-14-18-11-12-21(30-18)23(27)28/h7-12,19-20,25H,2-6,13-15H2,1H3,(H,27,28)/t19-,20-/m0/s1. The van der Waals surface area contributed by atoms with Gasteiger partial charge >= 0.3 is 5.97 Å². The van der Waals surface area contributed by atoms with Gasteiger partial charge in [-0.1, -0.05) is 38.3 Å². The number of aliphatic hydroxyl groups excluding tert-OH is 1. The summed E-state index contributed by atoms with van der Waals surface area (Å²) in [7, 11) is 0. The fourth-order valence-electron chi connectivity index (χ4n) is 3.72. The number of benzene rings is 1. The molecule has 1 aromatic heterocycles. The molecule has 2 aromatic rings. The first-order chi connectivity index (χ1) is 14.5. The Morgan fingerprint density at radius 1 is 1.17 bits per heavy atom. The number of hydrogen-bond acceptors (Lipinski definition) is 5. The Morgan fingerprint density at radius 3 is 2.60 bits per heavy atom. The maximum Gasteiger partial charge on any atom is 0.345 e. The minimum Gasteiger partial charge on any atom is -0.477 e. The number of carbonyl (C=O) groups excluding carboxylic acids is 1. The highest BCUT2D eigenvalue weighted by atomic mass is 32.1. The summed E-state index contributed by atoms with van der Waals surface area (Å²) < 4.78 is 5.73. The number of aromatic carboxylic acids is 1. The summed E-state index contributed by atoms with van der Waals surface area (Å²) in [5.41, 5.74) is 2.02. The zero-order chi connectivity index (χ0) is 21.5. The highest BCUT2D eigenvalue weighted by Gasteiger charge is 2.39. The van der Waals surface area contributed by atoms with Crippen molar-refractivity contribution in [2.24, 2.45) is 0 Å². The molecule has 0 spiro atoms. The molecule has 2 heterocycles. The number of carboxylic acid groups (broad SMARTS) is 1. The number of rotatable bonds is 11. The fourth-order valence-corrected chi connectivity index (χ4v) is 4.51. The van der Waals surface area contributed by atoms with Crippen LogP contribution in [0.3, 0.4) is 0 Å². The van der Waals surface area contributed by atoms with Gasteiger partial charge in [0.15, 0.2) is 0 Å². The molecule has 2 N–H and O–H groups in total. The Kier molecular flexibility index (Phi) is 8.01. The first-order valence-corrected chi connectivity index (χ1v) is 11.3. The summed E-state index contributed by atoms with van der Waals surface area (Å²) in [5, 5.41) is 19.4. The van der Waals surface area contributed by atoms with E-state index in [1.165, 1.54) is 36.2 Å². The number of nitrogens with zero attached hydrogens (tertiary/aromatic N) is 1. The monoisotopic (exact) mass is 431 g/mol. The third kappa shape index (κ3) is 5.68. The van der Waals surface area contributed by atoms with E-state index in [0.29, 0.717) is 0 Å². The first kappa shape index (κ1) is 22.5. The van der Waals surface area contributed by atoms with Crippen molar-refractivity contribution in [3.05, 3.63) is 51.7 Å². The van der Waals surface area contributed by atoms with Gasteiger partial charge in [0, 0.05) is 10.6 Å². The number of anilines is 1. The first-order valence-electron chi connectivity index (χ1n) is 10.5. The molecule has 0 unspecified atom stereocenters. The van der Waals surface area contributed by atoms with Crippen LogP contribution in [0, 0.1) is 0 Å². The van der Waals surface area contributed by atoms with Crippen LogP contribution in [-0.4, -0.2) is 40.8 Å². The van der Waals surface area contributed by atoms with Gasteiger partial charge in [-0.15, -0.1) is 11.3 Å². The molecule has 1 fully saturated rings. The smallest absolute Gasteiger partial charge is 0.345 e. The molecule has 1 aliphatic heterocycles. The third-order valence-electron chi connectivity index (χ3n) is 5.37. The molecule has 162 valence electrons. The van der Waals surface area contributed by atoms with Gasteiger partial charge in [0.05, 0.1) is 31.8 Å². The number of aliphatic hydroxyl groups is 1. The maximum absolute atomic E-state index is 12.5. The molecule has 2 atom stereocenters. The lowest BCUT2D eigenvalue weighted by Crippen LogP contribution is -2.40. The van der Waals surface area contributed by atoms with E-state index in [1.54, 1.807) is 17.0 Å². The van der Waals surface area contributed by atoms with Gasteiger partial charge in [0.1, 0.15) is 4.88 Å². The van der Waals surface area contributed by atoms with Crippen molar-refractivity contribution in [3.63, 3.8) is 0 Å². The van der Waals surface area contributed by atoms with Crippen molar-refractivity contribution in [2.45, 2.75) is 64.2 Å². The van der Waals surface area contributed by atoms with Crippen LogP contribution in [0.4, 0.5) is 5.69 Å². The van der Waals surface area contributed by atoms with Crippen LogP contribution in [-0.2, 0) is 22.6 Å². The van der Waals surface area contributed by atoms with Crippen molar-refractivity contribution < 1.29 is 24.5 Å². The molecule has 0 bridgehead atoms. The molecule has 1 amide bonds. The van der Waals surface area contributed by atoms with Gasteiger partial charge < -0.3 is 19.8 Å². The topological polar surface area (TPSA) is 87.1 Å². The van der Waals surface area contributed by atoms with Gasteiger partial charge in [0.25, 0.3) is 0 Å². The number of carboxylic acids is 1. The minimum absolute atomic E-state index is 0.0783. The highest BCUT2D eigenvalue weighted by molar-refractivity contribution is 7.13. The van der Waals surface area contributed by atoms with Crippen molar-refractivity contribution in [2.75, 3.05) is 11.5 Å². The Labute approximate surface area is 181 Å². The lowest BCUT2D eigenvalue weighted by molar-refractivity contribution is -0.117. The second-order valence-electron chi connectivity index (χ2n) is 7.67. The Hall–Kier alpha value is -2.22. The molecule has 30 heavy (non-hydrogen) atoms. The lowest BCUT2D eigenvalue weighted by atomic mass is 10.1. The fraction of sp³-hybridized carbons (Fsp3) is 0.478. The summed E-state index contributed by atoms with van der Waals surface area (Å²) >= 11 is 1.17. The van der Waals surface area contributed by atoms with Gasteiger partial charge in [-0.05, 0) is 42.7 Å². The zero-order valence-corrected chi connectivity index (χ0v) is 18.1. The predicted molar refractivity (Wildman–Crippen MR) is 117 cm³/mol. The van der Waals surface area contributed by atoms with Gasteiger partial charge in [0.2, 0.25) is 5.91 Å². The number of aryl methyl sites for hydroxylation is 1. The SMILES string of the molecule is CCCCCCc1ccc(N2C(=O)C[C@H](O)[C@@H]2COCc2ccc(C(=O)O)s2)cc1. The molecular formula is C23H29NO5S. The molecule has 1 saturated heterocycles. The normalized spacial score (nSPS) is 18.9. The minimum atomic E-state index is -0.956. The number of hydrogen-bond donors (Lipinski definition) is 2. The van der Waals surface area contributed by atoms with E-state index in [2.05, 4.69) is 19.1 Å². The van der Waals surface area contributed by atoms with Crippen molar-refractivity contribution in [3.8, 4) is 0 Å². The summed E-state index contributed by atoms with van der Waals surface area (Å²) in [6, 6.07) is 10.8. The van der Waals surface area contributed by atoms with Crippen LogP contribution < -0.4 is 4.90 Å². The second kappa shape index (κ2) is 10.7. The average molecular weight is 432 g/mol. The van der Waals surface area contributed by atoms with Crippen LogP contribution >= 0.6 is 11.3 Å². The van der Waals surface area contributed by atoms with Crippen LogP contribution in [0.1, 0.15) is 59.1 Å². The number of unbranched alkanes of at least 4 members (excludes halogenated alkanes) is 3. The highest BCUT2D eigenvalue weighted by Crippen LogP contribution is 2.28. The molecule has 3 rings (SSSR count). The van der Waals surface area contributed by atoms with E-state index in [1.807, 2.05) is 12.1 Å². The summed E-state index contributed by atoms with van der Waals surface area (Å²) in [4.78, 5) is 26.2. The van der Waals surface area contributed by atoms with E-state index in [4.69, 9.17) is 9.84 Å². The largest absolute Gasteiger partial charge is 0.477 e. The molecule has 1 aromatic carbocycles. The molecule has 7 heteroatoms. The van der Waals surface area contributed by atoms with E-state index in [0.717, 1.165) is 23.4 Å². The molecule has 6 nitrogen and oxygen atoms in total. The number of thiophene rings is 1. The van der Waals surface area contributed by atoms with E-state index in [9.17, 15) is 14.7 Å². The predicted octanol–water partition coefficient (Wildman–Crippen LogP) is 4.25. The number of carbonyl (C=O) groups is 2. The average Bonchev–Trinajstić information content (AvgIpc) is 3.31. The van der Waals surface area contributed by atoms with Crippen LogP contribution in [0.2, 0.25) is 0 Å². The third-order valence-corrected chi connectivity index (χ3v) is 6.41. The summed E-state index contributed by atoms with van der Waals surface area (Å²) in [5.74, 6) is -1.07. The van der Waals surface area contributed by atoms with E-state index < -0.39 is 18.1 Å². The molecule has 0 saturated carbocycles. The van der Waals surface area contributed by atoms with E-state index in [-0.39, 0.29) is 30.4 Å². The quantitative estimate of drug-likeness (QED) is 0.519. The van der Waals surface area contributed by atoms with Gasteiger partial charge in [-0.3, -0.25) is 4.79 Å². The Bertz CT molecular complexity index is 848. The van der Waals surface area contributed by atoms with Gasteiger partial charge in [-0.2, -0.15) is 0 Å². The van der Waals surface area contributed by atoms with Gasteiger partial charge in [-0.25, -0.2) is 4.79 Å². The molecule has 0 aliphatic carbocycles. The molecule has 1 aliphatic rings. The van der Waals surface area contributed by atoms with Crippen molar-refractivity contribution >= 4 is 28.9 Å². The van der Waals surface area contributed by atoms with E-state index >= 15 is 0 Å². The van der Waals surface area contributed by atoms with Crippen molar-refractivity contribution in [1.29, 1.82) is 0 Å². The zero-order valence-electron chi connectivity index (χ0n) is 17.3. The van der Waals surface area contributed by atoms with Crippen LogP contribution in [0.25, 0.3) is 0 Å². The van der Waals surface area contributed by atoms with Crippen LogP contribution in [0.5, 0.6) is 0 Å². The Balaban J connectivity index is 1.58. The Morgan fingerprint density at radius 2 is 1.93 bits per heavy atom. The van der Waals surface area contributed by atoms with Crippen LogP contribution in [0.15, 0.2) is 36.4 Å². The lowest BCUT2D eigenvalue weighted by Gasteiger charge is -2.26. The summed E-state index contributed by atoms with van der Waals surface area (Å²) in [6.07, 6.45) is 5.18. The summed E-state index contributed by atoms with van der Waals surface area (Å²) in [6.45, 7) is 2.63. The van der Waals surface area contributed by atoms with Crippen molar-refractivity contribution in [1.82, 2.24) is 0 Å². The second-order valence-corrected chi connectivity index (χ2v) is 8.83. The number of ether oxygens (including phenoxy) is 1. The number of amides is 1. The maximum atomic E-state index is 12.5.